The highest BCUT2D eigenvalue weighted by atomic mass is 32.1. The number of rotatable bonds is 0. The molecule has 0 bridgehead atoms. The zero-order valence-corrected chi connectivity index (χ0v) is 10.8. The molecule has 0 saturated heterocycles. The van der Waals surface area contributed by atoms with Gasteiger partial charge in [-0.1, -0.05) is 23.8 Å². The van der Waals surface area contributed by atoms with E-state index in [0.29, 0.717) is 0 Å². The van der Waals surface area contributed by atoms with Crippen LogP contribution in [-0.4, -0.2) is 0 Å². The van der Waals surface area contributed by atoms with Crippen molar-refractivity contribution < 1.29 is 4.98 Å². The van der Waals surface area contributed by atoms with Crippen LogP contribution < -0.4 is 4.98 Å². The predicted octanol–water partition coefficient (Wildman–Crippen LogP) is 4.28. The second-order valence-corrected chi connectivity index (χ2v) is 5.61. The molecule has 0 radical (unpaired) electrons. The normalized spacial score (nSPS) is 11.6. The minimum absolute atomic E-state index is 1.22. The van der Waals surface area contributed by atoms with Crippen molar-refractivity contribution in [2.45, 2.75) is 6.92 Å². The number of hydrogen-bond acceptors (Lipinski definition) is 1. The molecule has 0 fully saturated rings. The van der Waals surface area contributed by atoms with E-state index in [-0.39, 0.29) is 0 Å². The van der Waals surface area contributed by atoms with Gasteiger partial charge >= 0.3 is 0 Å². The third-order valence-corrected chi connectivity index (χ3v) is 4.42. The van der Waals surface area contributed by atoms with Crippen molar-refractivity contribution in [3.8, 4) is 11.3 Å². The van der Waals surface area contributed by atoms with Crippen LogP contribution in [-0.2, 0) is 0 Å². The van der Waals surface area contributed by atoms with Crippen LogP contribution in [0.25, 0.3) is 32.2 Å². The Bertz CT molecular complexity index is 844. The Balaban J connectivity index is 2.25. The molecule has 18 heavy (non-hydrogen) atoms. The standard InChI is InChI=1S/C16H11NS/c1-10-6-7-15-12(8-10)16-13(9-18-15)11-4-2-3-5-14(11)17-16/h2-9H,1H3/p+1. The molecule has 2 heteroatoms. The molecule has 0 aliphatic carbocycles. The molecule has 0 atom stereocenters. The highest BCUT2D eigenvalue weighted by Gasteiger charge is 2.21. The second-order valence-electron chi connectivity index (χ2n) is 4.69. The molecule has 2 aliphatic rings. The van der Waals surface area contributed by atoms with Crippen molar-refractivity contribution >= 4 is 32.3 Å². The summed E-state index contributed by atoms with van der Waals surface area (Å²) in [4.78, 5) is 3.55. The summed E-state index contributed by atoms with van der Waals surface area (Å²) in [6, 6.07) is 15.1. The summed E-state index contributed by atoms with van der Waals surface area (Å²) in [5.41, 5.74) is 5.11. The van der Waals surface area contributed by atoms with Gasteiger partial charge in [0, 0.05) is 16.1 Å². The molecule has 0 aromatic heterocycles. The van der Waals surface area contributed by atoms with E-state index >= 15 is 0 Å². The Morgan fingerprint density at radius 2 is 1.89 bits per heavy atom. The quantitative estimate of drug-likeness (QED) is 0.442. The molecule has 0 saturated carbocycles. The summed E-state index contributed by atoms with van der Waals surface area (Å²) >= 11 is 1.81. The van der Waals surface area contributed by atoms with Crippen molar-refractivity contribution in [3.63, 3.8) is 0 Å². The molecule has 0 spiro atoms. The second kappa shape index (κ2) is 3.53. The number of aromatic amines is 1. The van der Waals surface area contributed by atoms with Crippen LogP contribution in [0, 0.1) is 6.92 Å². The lowest BCUT2D eigenvalue weighted by Gasteiger charge is -2.00. The number of aryl methyl sites for hydroxylation is 1. The van der Waals surface area contributed by atoms with Gasteiger partial charge in [0.05, 0.1) is 16.3 Å². The van der Waals surface area contributed by atoms with Crippen LogP contribution in [0.15, 0.2) is 47.8 Å². The van der Waals surface area contributed by atoms with E-state index in [1.807, 2.05) is 11.3 Å². The van der Waals surface area contributed by atoms with Crippen molar-refractivity contribution in [2.75, 3.05) is 0 Å². The first kappa shape index (κ1) is 10.0. The molecule has 1 nitrogen and oxygen atoms in total. The summed E-state index contributed by atoms with van der Waals surface area (Å²) < 4.78 is 1.33. The van der Waals surface area contributed by atoms with Gasteiger partial charge in [-0.2, -0.15) is 0 Å². The number of para-hydroxylation sites is 1. The van der Waals surface area contributed by atoms with Crippen LogP contribution in [0.2, 0.25) is 0 Å². The molecule has 1 N–H and O–H groups in total. The maximum absolute atomic E-state index is 3.55. The smallest absolute Gasteiger partial charge is 0.204 e. The Morgan fingerprint density at radius 1 is 1.00 bits per heavy atom. The number of H-pyrrole nitrogens is 1. The van der Waals surface area contributed by atoms with Crippen LogP contribution in [0.4, 0.5) is 0 Å². The molecular formula is C16H12NS+. The molecule has 2 aliphatic heterocycles. The van der Waals surface area contributed by atoms with Gasteiger partial charge in [0.2, 0.25) is 11.2 Å². The van der Waals surface area contributed by atoms with E-state index in [9.17, 15) is 0 Å². The van der Waals surface area contributed by atoms with Gasteiger partial charge in [0.15, 0.2) is 0 Å². The average molecular weight is 250 g/mol. The minimum atomic E-state index is 1.22. The highest BCUT2D eigenvalue weighted by molar-refractivity contribution is 7.17. The van der Waals surface area contributed by atoms with Crippen molar-refractivity contribution in [1.82, 2.24) is 0 Å². The molecule has 4 rings (SSSR count). The largest absolute Gasteiger partial charge is 0.221 e. The first-order chi connectivity index (χ1) is 8.83. The van der Waals surface area contributed by atoms with Crippen LogP contribution >= 0.6 is 11.3 Å². The lowest BCUT2D eigenvalue weighted by molar-refractivity contribution is -0.325. The van der Waals surface area contributed by atoms with Gasteiger partial charge in [-0.05, 0) is 25.1 Å². The summed E-state index contributed by atoms with van der Waals surface area (Å²) in [7, 11) is 0. The molecule has 0 amide bonds. The fourth-order valence-electron chi connectivity index (χ4n) is 2.56. The Morgan fingerprint density at radius 3 is 2.83 bits per heavy atom. The molecule has 2 aromatic rings. The van der Waals surface area contributed by atoms with Gasteiger partial charge in [-0.3, -0.25) is 0 Å². The monoisotopic (exact) mass is 250 g/mol. The summed E-state index contributed by atoms with van der Waals surface area (Å²) in [5, 5.41) is 4.90. The third kappa shape index (κ3) is 1.30. The van der Waals surface area contributed by atoms with Crippen LogP contribution in [0.1, 0.15) is 5.56 Å². The Kier molecular flexibility index (Phi) is 1.97. The fourth-order valence-corrected chi connectivity index (χ4v) is 3.49. The fraction of sp³-hybridized carbons (Fsp3) is 0.0625. The molecule has 86 valence electrons. The van der Waals surface area contributed by atoms with Gasteiger partial charge in [0.25, 0.3) is 0 Å². The zero-order valence-electron chi connectivity index (χ0n) is 10.0. The number of hydrogen-bond donors (Lipinski definition) is 0. The number of nitrogens with one attached hydrogen (secondary N) is 1. The van der Waals surface area contributed by atoms with E-state index < -0.39 is 0 Å². The number of fused-ring (bicyclic) bond motifs is 5. The lowest BCUT2D eigenvalue weighted by Crippen LogP contribution is -2.00. The Labute approximate surface area is 109 Å². The van der Waals surface area contributed by atoms with Crippen LogP contribution in [0.5, 0.6) is 0 Å². The lowest BCUT2D eigenvalue weighted by atomic mass is 10.1. The molecular weight excluding hydrogens is 238 g/mol. The zero-order chi connectivity index (χ0) is 12.1. The average Bonchev–Trinajstić information content (AvgIpc) is 2.78. The van der Waals surface area contributed by atoms with E-state index in [2.05, 4.69) is 59.8 Å². The third-order valence-electron chi connectivity index (χ3n) is 3.45. The van der Waals surface area contributed by atoms with E-state index in [4.69, 9.17) is 0 Å². The molecule has 0 unspecified atom stereocenters. The van der Waals surface area contributed by atoms with E-state index in [1.165, 1.54) is 37.8 Å². The van der Waals surface area contributed by atoms with Crippen molar-refractivity contribution in [3.05, 3.63) is 53.4 Å². The minimum Gasteiger partial charge on any atom is -0.204 e. The summed E-state index contributed by atoms with van der Waals surface area (Å²) in [6.07, 6.45) is 0. The molecule has 2 heterocycles. The van der Waals surface area contributed by atoms with Crippen LogP contribution in [0.3, 0.4) is 0 Å². The maximum atomic E-state index is 3.55. The first-order valence-electron chi connectivity index (χ1n) is 6.04. The van der Waals surface area contributed by atoms with Crippen molar-refractivity contribution in [1.29, 1.82) is 0 Å². The van der Waals surface area contributed by atoms with Gasteiger partial charge < -0.3 is 0 Å². The van der Waals surface area contributed by atoms with Crippen molar-refractivity contribution in [2.24, 2.45) is 0 Å². The highest BCUT2D eigenvalue weighted by Crippen LogP contribution is 2.36. The van der Waals surface area contributed by atoms with E-state index in [0.717, 1.165) is 0 Å². The molecule has 2 aromatic carbocycles. The van der Waals surface area contributed by atoms with Gasteiger partial charge in [0.1, 0.15) is 0 Å². The predicted molar refractivity (Wildman–Crippen MR) is 77.2 cm³/mol. The SMILES string of the molecule is Cc1ccc2scc3c4ccccc4[nH+]c-3c2c1. The summed E-state index contributed by atoms with van der Waals surface area (Å²) in [6.45, 7) is 2.14. The van der Waals surface area contributed by atoms with E-state index in [1.54, 1.807) is 0 Å². The Hall–Kier alpha value is -1.93. The van der Waals surface area contributed by atoms with Gasteiger partial charge in [-0.25, -0.2) is 4.98 Å². The van der Waals surface area contributed by atoms with Gasteiger partial charge in [-0.15, -0.1) is 11.3 Å². The summed E-state index contributed by atoms with van der Waals surface area (Å²) in [5.74, 6) is 0. The topological polar surface area (TPSA) is 14.1 Å². The maximum Gasteiger partial charge on any atom is 0.221 e. The number of aromatic nitrogens is 1. The first-order valence-corrected chi connectivity index (χ1v) is 6.92. The number of benzene rings is 2.